The number of pyridine rings is 1. The van der Waals surface area contributed by atoms with Crippen LogP contribution in [0.25, 0.3) is 0 Å². The van der Waals surface area contributed by atoms with Crippen LogP contribution in [0.15, 0.2) is 23.3 Å². The maximum Gasteiger partial charge on any atom is 0.193 e. The Morgan fingerprint density at radius 3 is 2.83 bits per heavy atom. The van der Waals surface area contributed by atoms with Gasteiger partial charge in [-0.25, -0.2) is 4.98 Å². The summed E-state index contributed by atoms with van der Waals surface area (Å²) in [5.74, 6) is 3.27. The van der Waals surface area contributed by atoms with Gasteiger partial charge in [0.2, 0.25) is 0 Å². The number of halogens is 1. The molecule has 6 nitrogen and oxygen atoms in total. The van der Waals surface area contributed by atoms with E-state index in [0.29, 0.717) is 4.75 Å². The number of thioether (sulfide) groups is 1. The number of nitrogens with zero attached hydrogens (tertiary/aromatic N) is 4. The predicted octanol–water partition coefficient (Wildman–Crippen LogP) is 3.75. The van der Waals surface area contributed by atoms with Gasteiger partial charge in [-0.3, -0.25) is 4.99 Å². The van der Waals surface area contributed by atoms with Crippen LogP contribution in [0.4, 0.5) is 5.82 Å². The van der Waals surface area contributed by atoms with E-state index in [1.807, 2.05) is 13.2 Å². The third-order valence-electron chi connectivity index (χ3n) is 6.35. The molecule has 1 unspecified atom stereocenters. The van der Waals surface area contributed by atoms with Crippen LogP contribution in [0.3, 0.4) is 0 Å². The first-order valence-corrected chi connectivity index (χ1v) is 12.1. The van der Waals surface area contributed by atoms with Gasteiger partial charge in [0.25, 0.3) is 0 Å². The van der Waals surface area contributed by atoms with Crippen LogP contribution in [0.5, 0.6) is 0 Å². The number of aromatic nitrogens is 1. The van der Waals surface area contributed by atoms with Crippen molar-refractivity contribution >= 4 is 47.5 Å². The molecule has 0 aromatic carbocycles. The summed E-state index contributed by atoms with van der Waals surface area (Å²) >= 11 is 2.20. The van der Waals surface area contributed by atoms with E-state index in [9.17, 15) is 0 Å². The van der Waals surface area contributed by atoms with Crippen molar-refractivity contribution in [3.8, 4) is 0 Å². The van der Waals surface area contributed by atoms with Crippen LogP contribution in [0.1, 0.15) is 44.6 Å². The van der Waals surface area contributed by atoms with Gasteiger partial charge in [0.15, 0.2) is 5.96 Å². The highest BCUT2D eigenvalue weighted by molar-refractivity contribution is 14.0. The van der Waals surface area contributed by atoms with Gasteiger partial charge in [-0.2, -0.15) is 11.8 Å². The Kier molecular flexibility index (Phi) is 8.94. The highest BCUT2D eigenvalue weighted by Gasteiger charge is 2.38. The maximum absolute atomic E-state index is 5.63. The number of rotatable bonds is 3. The smallest absolute Gasteiger partial charge is 0.193 e. The minimum absolute atomic E-state index is 0. The standard InChI is InChI=1S/C22H35N5OS.HI/c1-18-16-26(10-12-28-18)20-7-6-19(14-24-20)15-25-21(23-2)27-11-13-29-22(17-27)8-4-3-5-9-22;/h6-7,14,18H,3-5,8-13,15-17H2,1-2H3,(H,23,25);1H. The van der Waals surface area contributed by atoms with Crippen molar-refractivity contribution in [2.24, 2.45) is 4.99 Å². The molecule has 2 saturated heterocycles. The summed E-state index contributed by atoms with van der Waals surface area (Å²) in [5, 5.41) is 3.58. The van der Waals surface area contributed by atoms with Crippen LogP contribution in [0, 0.1) is 0 Å². The van der Waals surface area contributed by atoms with E-state index >= 15 is 0 Å². The molecule has 3 heterocycles. The molecule has 2 aliphatic heterocycles. The van der Waals surface area contributed by atoms with Crippen molar-refractivity contribution in [1.82, 2.24) is 15.2 Å². The van der Waals surface area contributed by atoms with E-state index in [4.69, 9.17) is 9.72 Å². The summed E-state index contributed by atoms with van der Waals surface area (Å²) in [7, 11) is 1.90. The predicted molar refractivity (Wildman–Crippen MR) is 137 cm³/mol. The molecule has 30 heavy (non-hydrogen) atoms. The van der Waals surface area contributed by atoms with Crippen molar-refractivity contribution in [2.45, 2.75) is 56.4 Å². The molecule has 1 aliphatic carbocycles. The van der Waals surface area contributed by atoms with Gasteiger partial charge in [-0.1, -0.05) is 25.3 Å². The Balaban J connectivity index is 0.00000256. The second-order valence-electron chi connectivity index (χ2n) is 8.57. The second kappa shape index (κ2) is 11.2. The van der Waals surface area contributed by atoms with Crippen molar-refractivity contribution < 1.29 is 4.74 Å². The van der Waals surface area contributed by atoms with Crippen LogP contribution < -0.4 is 10.2 Å². The number of morpholine rings is 1. The van der Waals surface area contributed by atoms with Gasteiger partial charge < -0.3 is 19.9 Å². The summed E-state index contributed by atoms with van der Waals surface area (Å²) in [4.78, 5) is 14.1. The molecule has 3 fully saturated rings. The quantitative estimate of drug-likeness (QED) is 0.355. The molecule has 8 heteroatoms. The molecule has 1 N–H and O–H groups in total. The molecule has 0 bridgehead atoms. The molecule has 1 saturated carbocycles. The van der Waals surface area contributed by atoms with E-state index in [0.717, 1.165) is 51.1 Å². The molecule has 1 aromatic rings. The number of hydrogen-bond donors (Lipinski definition) is 1. The zero-order valence-electron chi connectivity index (χ0n) is 18.3. The van der Waals surface area contributed by atoms with E-state index in [1.165, 1.54) is 43.4 Å². The summed E-state index contributed by atoms with van der Waals surface area (Å²) < 4.78 is 6.08. The van der Waals surface area contributed by atoms with E-state index in [-0.39, 0.29) is 30.1 Å². The first-order chi connectivity index (χ1) is 14.2. The largest absolute Gasteiger partial charge is 0.375 e. The molecular weight excluding hydrogens is 509 g/mol. The zero-order valence-corrected chi connectivity index (χ0v) is 21.5. The first kappa shape index (κ1) is 23.9. The lowest BCUT2D eigenvalue weighted by Crippen LogP contribution is -2.53. The van der Waals surface area contributed by atoms with Crippen molar-refractivity contribution in [3.05, 3.63) is 23.9 Å². The normalized spacial score (nSPS) is 24.5. The molecule has 3 aliphatic rings. The first-order valence-electron chi connectivity index (χ1n) is 11.1. The number of aliphatic imine (C=N–C) groups is 1. The minimum atomic E-state index is 0. The second-order valence-corrected chi connectivity index (χ2v) is 10.1. The summed E-state index contributed by atoms with van der Waals surface area (Å²) in [6, 6.07) is 4.31. The molecule has 168 valence electrons. The average Bonchev–Trinajstić information content (AvgIpc) is 2.75. The van der Waals surface area contributed by atoms with Crippen molar-refractivity contribution in [1.29, 1.82) is 0 Å². The van der Waals surface area contributed by atoms with Crippen molar-refractivity contribution in [2.75, 3.05) is 50.5 Å². The van der Waals surface area contributed by atoms with Crippen LogP contribution >= 0.6 is 35.7 Å². The number of anilines is 1. The highest BCUT2D eigenvalue weighted by Crippen LogP contribution is 2.42. The Morgan fingerprint density at radius 1 is 1.30 bits per heavy atom. The molecule has 0 radical (unpaired) electrons. The molecule has 0 amide bonds. The zero-order chi connectivity index (χ0) is 20.1. The Labute approximate surface area is 202 Å². The van der Waals surface area contributed by atoms with Crippen molar-refractivity contribution in [3.63, 3.8) is 0 Å². The Hall–Kier alpha value is -0.740. The lowest BCUT2D eigenvalue weighted by atomic mass is 9.87. The van der Waals surface area contributed by atoms with Crippen LogP contribution in [-0.2, 0) is 11.3 Å². The van der Waals surface area contributed by atoms with Gasteiger partial charge in [0.05, 0.1) is 12.7 Å². The summed E-state index contributed by atoms with van der Waals surface area (Å²) in [5.41, 5.74) is 1.19. The van der Waals surface area contributed by atoms with Gasteiger partial charge in [-0.05, 0) is 31.4 Å². The molecule has 1 atom stereocenters. The van der Waals surface area contributed by atoms with E-state index in [2.05, 4.69) is 50.9 Å². The molecule has 1 spiro atoms. The fraction of sp³-hybridized carbons (Fsp3) is 0.727. The maximum atomic E-state index is 5.63. The lowest BCUT2D eigenvalue weighted by molar-refractivity contribution is 0.0529. The van der Waals surface area contributed by atoms with E-state index < -0.39 is 0 Å². The molecule has 1 aromatic heterocycles. The SMILES string of the molecule is CN=C(NCc1ccc(N2CCOC(C)C2)nc1)N1CCSC2(CCCCC2)C1.I. The topological polar surface area (TPSA) is 53.0 Å². The average molecular weight is 546 g/mol. The fourth-order valence-corrected chi connectivity index (χ4v) is 6.34. The number of guanidine groups is 1. The van der Waals surface area contributed by atoms with Crippen LogP contribution in [0.2, 0.25) is 0 Å². The van der Waals surface area contributed by atoms with E-state index in [1.54, 1.807) is 0 Å². The highest BCUT2D eigenvalue weighted by atomic mass is 127. The number of hydrogen-bond acceptors (Lipinski definition) is 5. The molecule has 4 rings (SSSR count). The summed E-state index contributed by atoms with van der Waals surface area (Å²) in [6.07, 6.45) is 9.14. The third-order valence-corrected chi connectivity index (χ3v) is 7.89. The third kappa shape index (κ3) is 5.94. The Bertz CT molecular complexity index is 690. The number of ether oxygens (including phenoxy) is 1. The number of nitrogens with one attached hydrogen (secondary N) is 1. The monoisotopic (exact) mass is 545 g/mol. The van der Waals surface area contributed by atoms with Crippen LogP contribution in [-0.4, -0.2) is 72.3 Å². The summed E-state index contributed by atoms with van der Waals surface area (Å²) in [6.45, 7) is 7.69. The van der Waals surface area contributed by atoms with Gasteiger partial charge in [0.1, 0.15) is 5.82 Å². The minimum Gasteiger partial charge on any atom is -0.375 e. The van der Waals surface area contributed by atoms with Gasteiger partial charge in [0, 0.05) is 56.5 Å². The fourth-order valence-electron chi connectivity index (χ4n) is 4.77. The molecular formula is C22H36IN5OS. The lowest BCUT2D eigenvalue weighted by Gasteiger charge is -2.45. The van der Waals surface area contributed by atoms with Gasteiger partial charge >= 0.3 is 0 Å². The van der Waals surface area contributed by atoms with Gasteiger partial charge in [-0.15, -0.1) is 24.0 Å². The Morgan fingerprint density at radius 2 is 2.13 bits per heavy atom.